The molecule has 1 heterocycles. The normalized spacial score (nSPS) is 16.8. The molecule has 41 heavy (non-hydrogen) atoms. The highest BCUT2D eigenvalue weighted by Crippen LogP contribution is 2.31. The van der Waals surface area contributed by atoms with Gasteiger partial charge in [0.2, 0.25) is 5.95 Å². The first-order valence-corrected chi connectivity index (χ1v) is 13.9. The van der Waals surface area contributed by atoms with Gasteiger partial charge in [-0.15, -0.1) is 0 Å². The van der Waals surface area contributed by atoms with E-state index in [1.165, 1.54) is 6.07 Å². The van der Waals surface area contributed by atoms with Crippen LogP contribution in [0.5, 0.6) is 17.2 Å². The molecule has 1 aliphatic rings. The van der Waals surface area contributed by atoms with Gasteiger partial charge in [0, 0.05) is 49.8 Å². The topological polar surface area (TPSA) is 115 Å². The maximum Gasteiger partial charge on any atom is 0.270 e. The van der Waals surface area contributed by atoms with Crippen LogP contribution in [0.15, 0.2) is 66.7 Å². The van der Waals surface area contributed by atoms with Crippen LogP contribution in [0.4, 0.5) is 17.5 Å². The molecule has 0 unspecified atom stereocenters. The largest absolute Gasteiger partial charge is 0.497 e. The third-order valence-electron chi connectivity index (χ3n) is 7.48. The number of hydrogen-bond donors (Lipinski definition) is 2. The minimum atomic E-state index is -0.379. The van der Waals surface area contributed by atoms with E-state index in [0.717, 1.165) is 60.3 Å². The van der Waals surface area contributed by atoms with Crippen molar-refractivity contribution in [2.24, 2.45) is 5.92 Å². The average molecular weight is 557 g/mol. The van der Waals surface area contributed by atoms with Gasteiger partial charge in [-0.25, -0.2) is 4.98 Å². The number of ether oxygens (including phenoxy) is 2. The highest BCUT2D eigenvalue weighted by molar-refractivity contribution is 5.90. The Morgan fingerprint density at radius 3 is 2.41 bits per heavy atom. The van der Waals surface area contributed by atoms with Crippen LogP contribution >= 0.6 is 0 Å². The van der Waals surface area contributed by atoms with Gasteiger partial charge in [0.1, 0.15) is 23.1 Å². The Morgan fingerprint density at radius 1 is 0.976 bits per heavy atom. The second-order valence-corrected chi connectivity index (χ2v) is 10.6. The van der Waals surface area contributed by atoms with E-state index < -0.39 is 0 Å². The molecule has 1 aliphatic carbocycles. The fourth-order valence-corrected chi connectivity index (χ4v) is 5.26. The van der Waals surface area contributed by atoms with Crippen molar-refractivity contribution in [3.63, 3.8) is 0 Å². The summed E-state index contributed by atoms with van der Waals surface area (Å²) < 4.78 is 11.3. The number of nitro groups is 1. The van der Waals surface area contributed by atoms with Gasteiger partial charge in [0.05, 0.1) is 17.5 Å². The Hall–Kier alpha value is -4.44. The van der Waals surface area contributed by atoms with Crippen molar-refractivity contribution in [3.05, 3.63) is 82.4 Å². The maximum atomic E-state index is 11.4. The molecule has 3 aromatic carbocycles. The lowest BCUT2D eigenvalue weighted by molar-refractivity contribution is -0.384. The number of methoxy groups -OCH3 is 1. The molecule has 1 aromatic heterocycles. The van der Waals surface area contributed by atoms with Crippen LogP contribution in [0.1, 0.15) is 31.2 Å². The summed E-state index contributed by atoms with van der Waals surface area (Å²) in [6.07, 6.45) is 4.21. The molecule has 5 rings (SSSR count). The standard InChI is InChI=1S/C31H36N6O4/c1-36(2)30-27-6-4-5-7-28(27)34-31(35-30)33-23-10-8-21(9-11-23)19-32-20-22-18-24(37(38)39)12-17-29(22)41-26-15-13-25(40-3)14-16-26/h4-7,12-18,21,23,32H,8-11,19-20H2,1-3H3,(H,33,34,35)/t21-,23+. The van der Waals surface area contributed by atoms with Crippen molar-refractivity contribution in [2.75, 3.05) is 38.0 Å². The minimum absolute atomic E-state index is 0.0452. The highest BCUT2D eigenvalue weighted by atomic mass is 16.6. The smallest absolute Gasteiger partial charge is 0.270 e. The molecule has 4 aromatic rings. The Labute approximate surface area is 239 Å². The summed E-state index contributed by atoms with van der Waals surface area (Å²) in [5.74, 6) is 4.06. The van der Waals surface area contributed by atoms with Gasteiger partial charge in [0.15, 0.2) is 0 Å². The third-order valence-corrected chi connectivity index (χ3v) is 7.48. The van der Waals surface area contributed by atoms with Gasteiger partial charge in [0.25, 0.3) is 5.69 Å². The second-order valence-electron chi connectivity index (χ2n) is 10.6. The molecule has 0 bridgehead atoms. The van der Waals surface area contributed by atoms with Crippen LogP contribution in [-0.2, 0) is 6.54 Å². The van der Waals surface area contributed by atoms with Crippen LogP contribution in [-0.4, -0.2) is 48.7 Å². The lowest BCUT2D eigenvalue weighted by Crippen LogP contribution is -2.31. The second kappa shape index (κ2) is 12.8. The number of aromatic nitrogens is 2. The lowest BCUT2D eigenvalue weighted by Gasteiger charge is -2.29. The summed E-state index contributed by atoms with van der Waals surface area (Å²) in [7, 11) is 5.61. The third kappa shape index (κ3) is 7.01. The average Bonchev–Trinajstić information content (AvgIpc) is 2.98. The van der Waals surface area contributed by atoms with Gasteiger partial charge in [-0.3, -0.25) is 10.1 Å². The molecule has 214 valence electrons. The molecule has 1 fully saturated rings. The van der Waals surface area contributed by atoms with E-state index in [1.807, 2.05) is 61.5 Å². The van der Waals surface area contributed by atoms with Crippen molar-refractivity contribution in [1.82, 2.24) is 15.3 Å². The fourth-order valence-electron chi connectivity index (χ4n) is 5.26. The molecule has 10 heteroatoms. The Bertz CT molecular complexity index is 1490. The number of anilines is 2. The number of fused-ring (bicyclic) bond motifs is 1. The Balaban J connectivity index is 1.16. The van der Waals surface area contributed by atoms with E-state index in [0.29, 0.717) is 36.0 Å². The molecule has 0 amide bonds. The number of benzene rings is 3. The van der Waals surface area contributed by atoms with Gasteiger partial charge in [-0.05, 0) is 80.6 Å². The molecule has 0 saturated heterocycles. The summed E-state index contributed by atoms with van der Waals surface area (Å²) in [6.45, 7) is 1.30. The summed E-state index contributed by atoms with van der Waals surface area (Å²) in [6, 6.07) is 20.4. The van der Waals surface area contributed by atoms with Crippen molar-refractivity contribution in [2.45, 2.75) is 38.3 Å². The predicted molar refractivity (Wildman–Crippen MR) is 161 cm³/mol. The van der Waals surface area contributed by atoms with Crippen LogP contribution in [0, 0.1) is 16.0 Å². The van der Waals surface area contributed by atoms with Crippen LogP contribution in [0.3, 0.4) is 0 Å². The van der Waals surface area contributed by atoms with E-state index in [4.69, 9.17) is 19.4 Å². The molecule has 0 spiro atoms. The van der Waals surface area contributed by atoms with Crippen LogP contribution < -0.4 is 25.0 Å². The monoisotopic (exact) mass is 556 g/mol. The Kier molecular flexibility index (Phi) is 8.79. The van der Waals surface area contributed by atoms with Crippen molar-refractivity contribution >= 4 is 28.4 Å². The maximum absolute atomic E-state index is 11.4. The molecular formula is C31H36N6O4. The summed E-state index contributed by atoms with van der Waals surface area (Å²) in [4.78, 5) is 22.6. The first kappa shape index (κ1) is 28.1. The number of nitrogens with one attached hydrogen (secondary N) is 2. The fraction of sp³-hybridized carbons (Fsp3) is 0.355. The van der Waals surface area contributed by atoms with E-state index in [1.54, 1.807) is 19.2 Å². The quantitative estimate of drug-likeness (QED) is 0.165. The zero-order chi connectivity index (χ0) is 28.8. The summed E-state index contributed by atoms with van der Waals surface area (Å²) in [5.41, 5.74) is 1.72. The van der Waals surface area contributed by atoms with Crippen LogP contribution in [0.25, 0.3) is 10.9 Å². The van der Waals surface area contributed by atoms with E-state index in [-0.39, 0.29) is 10.6 Å². The molecule has 0 atom stereocenters. The van der Waals surface area contributed by atoms with E-state index >= 15 is 0 Å². The van der Waals surface area contributed by atoms with Gasteiger partial charge in [-0.1, -0.05) is 12.1 Å². The molecule has 1 saturated carbocycles. The van der Waals surface area contributed by atoms with Crippen LogP contribution in [0.2, 0.25) is 0 Å². The van der Waals surface area contributed by atoms with Crippen molar-refractivity contribution in [3.8, 4) is 17.2 Å². The Morgan fingerprint density at radius 2 is 1.71 bits per heavy atom. The van der Waals surface area contributed by atoms with Gasteiger partial charge >= 0.3 is 0 Å². The summed E-state index contributed by atoms with van der Waals surface area (Å²) in [5, 5.41) is 19.5. The lowest BCUT2D eigenvalue weighted by atomic mass is 9.86. The molecule has 0 aliphatic heterocycles. The number of para-hydroxylation sites is 1. The zero-order valence-corrected chi connectivity index (χ0v) is 23.7. The summed E-state index contributed by atoms with van der Waals surface area (Å²) >= 11 is 0. The molecule has 10 nitrogen and oxygen atoms in total. The predicted octanol–water partition coefficient (Wildman–Crippen LogP) is 6.17. The number of non-ortho nitro benzene ring substituents is 1. The minimum Gasteiger partial charge on any atom is -0.497 e. The number of nitro benzene ring substituents is 1. The first-order chi connectivity index (χ1) is 19.9. The zero-order valence-electron chi connectivity index (χ0n) is 23.7. The number of hydrogen-bond acceptors (Lipinski definition) is 9. The van der Waals surface area contributed by atoms with Crippen molar-refractivity contribution < 1.29 is 14.4 Å². The number of nitrogens with zero attached hydrogens (tertiary/aromatic N) is 4. The van der Waals surface area contributed by atoms with Gasteiger partial charge < -0.3 is 25.0 Å². The molecule has 2 N–H and O–H groups in total. The first-order valence-electron chi connectivity index (χ1n) is 13.9. The number of rotatable bonds is 11. The van der Waals surface area contributed by atoms with Crippen molar-refractivity contribution in [1.29, 1.82) is 0 Å². The SMILES string of the molecule is COc1ccc(Oc2ccc([N+](=O)[O-])cc2CNC[C@H]2CC[C@@H](Nc3nc(N(C)C)c4ccccc4n3)CC2)cc1. The van der Waals surface area contributed by atoms with Gasteiger partial charge in [-0.2, -0.15) is 4.98 Å². The highest BCUT2D eigenvalue weighted by Gasteiger charge is 2.22. The molecular weight excluding hydrogens is 520 g/mol. The van der Waals surface area contributed by atoms with E-state index in [9.17, 15) is 10.1 Å². The van der Waals surface area contributed by atoms with E-state index in [2.05, 4.69) is 16.7 Å². The molecule has 0 radical (unpaired) electrons.